The minimum absolute atomic E-state index is 0.0318. The van der Waals surface area contributed by atoms with Crippen molar-refractivity contribution in [3.8, 4) is 5.69 Å². The molecule has 0 bridgehead atoms. The SMILES string of the molecule is CCCCn1c(N)nc(=O)n(-c2ccccc2)c1=O. The molecule has 2 aromatic rings. The minimum atomic E-state index is -0.651. The van der Waals surface area contributed by atoms with Crippen LogP contribution in [-0.4, -0.2) is 14.1 Å². The van der Waals surface area contributed by atoms with Gasteiger partial charge in [-0.2, -0.15) is 4.98 Å². The molecule has 0 atom stereocenters. The summed E-state index contributed by atoms with van der Waals surface area (Å²) in [6.45, 7) is 2.48. The lowest BCUT2D eigenvalue weighted by molar-refractivity contribution is 0.573. The normalized spacial score (nSPS) is 10.6. The monoisotopic (exact) mass is 260 g/mol. The summed E-state index contributed by atoms with van der Waals surface area (Å²) < 4.78 is 2.36. The van der Waals surface area contributed by atoms with Crippen molar-refractivity contribution in [1.29, 1.82) is 0 Å². The van der Waals surface area contributed by atoms with Gasteiger partial charge in [-0.1, -0.05) is 31.5 Å². The van der Waals surface area contributed by atoms with E-state index in [0.717, 1.165) is 17.4 Å². The Balaban J connectivity index is 2.62. The first-order chi connectivity index (χ1) is 9.15. The first-order valence-electron chi connectivity index (χ1n) is 6.20. The van der Waals surface area contributed by atoms with E-state index in [1.54, 1.807) is 24.3 Å². The summed E-state index contributed by atoms with van der Waals surface area (Å²) in [6, 6.07) is 8.70. The molecule has 0 fully saturated rings. The topological polar surface area (TPSA) is 82.9 Å². The lowest BCUT2D eigenvalue weighted by atomic mass is 10.3. The Hall–Kier alpha value is -2.37. The van der Waals surface area contributed by atoms with E-state index in [1.165, 1.54) is 4.57 Å². The van der Waals surface area contributed by atoms with Gasteiger partial charge in [-0.05, 0) is 18.6 Å². The molecule has 0 aliphatic heterocycles. The summed E-state index contributed by atoms with van der Waals surface area (Å²) in [5, 5.41) is 0. The van der Waals surface area contributed by atoms with Gasteiger partial charge in [0, 0.05) is 6.54 Å². The summed E-state index contributed by atoms with van der Waals surface area (Å²) in [4.78, 5) is 27.9. The zero-order valence-electron chi connectivity index (χ0n) is 10.7. The van der Waals surface area contributed by atoms with Crippen LogP contribution < -0.4 is 17.1 Å². The highest BCUT2D eigenvalue weighted by atomic mass is 16.2. The highest BCUT2D eigenvalue weighted by Crippen LogP contribution is 2.02. The quantitative estimate of drug-likeness (QED) is 0.880. The maximum absolute atomic E-state index is 12.3. The predicted octanol–water partition coefficient (Wildman–Crippen LogP) is 0.776. The molecule has 2 rings (SSSR count). The van der Waals surface area contributed by atoms with E-state index in [-0.39, 0.29) is 5.95 Å². The zero-order valence-corrected chi connectivity index (χ0v) is 10.7. The number of nitrogen functional groups attached to an aromatic ring is 1. The summed E-state index contributed by atoms with van der Waals surface area (Å²) >= 11 is 0. The highest BCUT2D eigenvalue weighted by molar-refractivity contribution is 5.31. The highest BCUT2D eigenvalue weighted by Gasteiger charge is 2.11. The summed E-state index contributed by atoms with van der Waals surface area (Å²) in [5.41, 5.74) is 5.05. The molecular weight excluding hydrogens is 244 g/mol. The van der Waals surface area contributed by atoms with E-state index < -0.39 is 11.4 Å². The number of nitrogens with two attached hydrogens (primary N) is 1. The molecular formula is C13H16N4O2. The number of nitrogens with zero attached hydrogens (tertiary/aromatic N) is 3. The molecule has 6 heteroatoms. The molecule has 0 aliphatic rings. The molecule has 2 N–H and O–H groups in total. The van der Waals surface area contributed by atoms with Crippen molar-refractivity contribution in [2.24, 2.45) is 0 Å². The van der Waals surface area contributed by atoms with Gasteiger partial charge in [-0.15, -0.1) is 0 Å². The fraction of sp³-hybridized carbons (Fsp3) is 0.308. The fourth-order valence-electron chi connectivity index (χ4n) is 1.83. The van der Waals surface area contributed by atoms with Crippen LogP contribution in [0, 0.1) is 0 Å². The van der Waals surface area contributed by atoms with E-state index in [0.29, 0.717) is 12.2 Å². The third kappa shape index (κ3) is 2.57. The number of hydrogen-bond donors (Lipinski definition) is 1. The molecule has 100 valence electrons. The Kier molecular flexibility index (Phi) is 3.79. The smallest absolute Gasteiger partial charge is 0.359 e. The molecule has 0 saturated carbocycles. The molecule has 6 nitrogen and oxygen atoms in total. The van der Waals surface area contributed by atoms with Gasteiger partial charge in [0.05, 0.1) is 5.69 Å². The van der Waals surface area contributed by atoms with Crippen molar-refractivity contribution >= 4 is 5.95 Å². The Morgan fingerprint density at radius 1 is 1.21 bits per heavy atom. The molecule has 0 unspecified atom stereocenters. The van der Waals surface area contributed by atoms with Crippen LogP contribution >= 0.6 is 0 Å². The fourth-order valence-corrected chi connectivity index (χ4v) is 1.83. The Labute approximate surface area is 110 Å². The van der Waals surface area contributed by atoms with Gasteiger partial charge in [0.15, 0.2) is 0 Å². The van der Waals surface area contributed by atoms with Gasteiger partial charge in [0.2, 0.25) is 5.95 Å². The Morgan fingerprint density at radius 2 is 1.89 bits per heavy atom. The lowest BCUT2D eigenvalue weighted by Crippen LogP contribution is -2.41. The van der Waals surface area contributed by atoms with Crippen LogP contribution in [0.25, 0.3) is 5.69 Å². The Bertz CT molecular complexity index is 673. The third-order valence-electron chi connectivity index (χ3n) is 2.85. The second kappa shape index (κ2) is 5.51. The predicted molar refractivity (Wildman–Crippen MR) is 73.4 cm³/mol. The molecule has 19 heavy (non-hydrogen) atoms. The number of para-hydroxylation sites is 1. The van der Waals surface area contributed by atoms with Crippen LogP contribution in [0.4, 0.5) is 5.95 Å². The van der Waals surface area contributed by atoms with Crippen LogP contribution in [0.5, 0.6) is 0 Å². The van der Waals surface area contributed by atoms with Gasteiger partial charge in [-0.25, -0.2) is 14.2 Å². The van der Waals surface area contributed by atoms with Crippen LogP contribution in [0.3, 0.4) is 0 Å². The standard InChI is InChI=1S/C13H16N4O2/c1-2-3-9-16-11(14)15-12(18)17(13(16)19)10-7-5-4-6-8-10/h4-8H,2-3,9H2,1H3,(H2,14,15,18). The number of benzene rings is 1. The lowest BCUT2D eigenvalue weighted by Gasteiger charge is -2.11. The average Bonchev–Trinajstić information content (AvgIpc) is 2.39. The third-order valence-corrected chi connectivity index (χ3v) is 2.85. The van der Waals surface area contributed by atoms with E-state index in [9.17, 15) is 9.59 Å². The van der Waals surface area contributed by atoms with Crippen molar-refractivity contribution in [2.45, 2.75) is 26.3 Å². The van der Waals surface area contributed by atoms with E-state index >= 15 is 0 Å². The second-order valence-electron chi connectivity index (χ2n) is 4.21. The number of hydrogen-bond acceptors (Lipinski definition) is 4. The van der Waals surface area contributed by atoms with E-state index in [2.05, 4.69) is 4.98 Å². The number of anilines is 1. The van der Waals surface area contributed by atoms with Crippen molar-refractivity contribution in [1.82, 2.24) is 14.1 Å². The van der Waals surface area contributed by atoms with Crippen LogP contribution in [0.15, 0.2) is 39.9 Å². The van der Waals surface area contributed by atoms with Gasteiger partial charge in [-0.3, -0.25) is 4.57 Å². The van der Waals surface area contributed by atoms with Crippen LogP contribution in [0.2, 0.25) is 0 Å². The molecule has 0 radical (unpaired) electrons. The molecule has 0 aliphatic carbocycles. The van der Waals surface area contributed by atoms with Gasteiger partial charge in [0.1, 0.15) is 0 Å². The van der Waals surface area contributed by atoms with Crippen molar-refractivity contribution in [3.05, 3.63) is 51.3 Å². The van der Waals surface area contributed by atoms with Crippen molar-refractivity contribution < 1.29 is 0 Å². The number of aromatic nitrogens is 3. The first-order valence-corrected chi connectivity index (χ1v) is 6.20. The average molecular weight is 260 g/mol. The second-order valence-corrected chi connectivity index (χ2v) is 4.21. The maximum atomic E-state index is 12.3. The van der Waals surface area contributed by atoms with Crippen molar-refractivity contribution in [3.63, 3.8) is 0 Å². The largest absolute Gasteiger partial charge is 0.369 e. The molecule has 0 spiro atoms. The summed E-state index contributed by atoms with van der Waals surface area (Å²) in [6.07, 6.45) is 1.73. The molecule has 0 saturated heterocycles. The van der Waals surface area contributed by atoms with Crippen LogP contribution in [-0.2, 0) is 6.54 Å². The van der Waals surface area contributed by atoms with Crippen molar-refractivity contribution in [2.75, 3.05) is 5.73 Å². The van der Waals surface area contributed by atoms with E-state index in [1.807, 2.05) is 13.0 Å². The van der Waals surface area contributed by atoms with Gasteiger partial charge < -0.3 is 5.73 Å². The number of rotatable bonds is 4. The maximum Gasteiger partial charge on any atom is 0.359 e. The summed E-state index contributed by atoms with van der Waals surface area (Å²) in [5.74, 6) is -0.0318. The molecule has 1 heterocycles. The zero-order chi connectivity index (χ0) is 13.8. The van der Waals surface area contributed by atoms with E-state index in [4.69, 9.17) is 5.73 Å². The minimum Gasteiger partial charge on any atom is -0.369 e. The molecule has 0 amide bonds. The van der Waals surface area contributed by atoms with Gasteiger partial charge in [0.25, 0.3) is 0 Å². The number of unbranched alkanes of at least 4 members (excludes halogenated alkanes) is 1. The molecule has 1 aromatic carbocycles. The van der Waals surface area contributed by atoms with Crippen LogP contribution in [0.1, 0.15) is 19.8 Å². The Morgan fingerprint density at radius 3 is 2.53 bits per heavy atom. The molecule has 1 aromatic heterocycles. The summed E-state index contributed by atoms with van der Waals surface area (Å²) in [7, 11) is 0. The first kappa shape index (κ1) is 13.1. The van der Waals surface area contributed by atoms with Gasteiger partial charge >= 0.3 is 11.4 Å².